The number of hydrogen-bond donors (Lipinski definition) is 3. The molecule has 0 heterocycles. The summed E-state index contributed by atoms with van der Waals surface area (Å²) < 4.78 is 5.76. The van der Waals surface area contributed by atoms with Gasteiger partial charge in [0.15, 0.2) is 0 Å². The Morgan fingerprint density at radius 1 is 1.35 bits per heavy atom. The minimum Gasteiger partial charge on any atom is -0.427 e. The lowest BCUT2D eigenvalue weighted by Gasteiger charge is -2.37. The second kappa shape index (κ2) is 5.94. The fraction of sp³-hybridized carbons (Fsp3) is 0.462. The third-order valence-corrected chi connectivity index (χ3v) is 4.41. The molecule has 0 bridgehead atoms. The lowest BCUT2D eigenvalue weighted by molar-refractivity contribution is -0.0893. The first-order valence-electron chi connectivity index (χ1n) is 6.14. The first-order valence-corrected chi connectivity index (χ1v) is 6.90. The Balaban J connectivity index is 3.13. The summed E-state index contributed by atoms with van der Waals surface area (Å²) in [5.41, 5.74) is 5.39. The van der Waals surface area contributed by atoms with E-state index in [-0.39, 0.29) is 7.48 Å². The number of halogens is 2. The predicted molar refractivity (Wildman–Crippen MR) is 87.0 cm³/mol. The minimum absolute atomic E-state index is 0.102. The molecular weight excluding hydrogens is 298 g/mol. The summed E-state index contributed by atoms with van der Waals surface area (Å²) in [7, 11) is 0.102. The van der Waals surface area contributed by atoms with E-state index in [9.17, 15) is 5.11 Å². The van der Waals surface area contributed by atoms with E-state index < -0.39 is 11.2 Å². The smallest absolute Gasteiger partial charge is 0.311 e. The van der Waals surface area contributed by atoms with Gasteiger partial charge in [-0.2, -0.15) is 0 Å². The van der Waals surface area contributed by atoms with Gasteiger partial charge in [-0.05, 0) is 39.2 Å². The van der Waals surface area contributed by atoms with E-state index in [1.54, 1.807) is 27.7 Å². The van der Waals surface area contributed by atoms with Crippen molar-refractivity contribution in [3.8, 4) is 0 Å². The molecule has 20 heavy (non-hydrogen) atoms. The van der Waals surface area contributed by atoms with Crippen molar-refractivity contribution >= 4 is 48.0 Å². The van der Waals surface area contributed by atoms with Gasteiger partial charge in [-0.1, -0.05) is 23.2 Å². The fourth-order valence-corrected chi connectivity index (χ4v) is 1.90. The van der Waals surface area contributed by atoms with Crippen LogP contribution in [0.5, 0.6) is 0 Å². The molecule has 110 valence electrons. The van der Waals surface area contributed by atoms with Gasteiger partial charge in [-0.15, -0.1) is 0 Å². The van der Waals surface area contributed by atoms with Crippen molar-refractivity contribution in [2.45, 2.75) is 38.9 Å². The fourth-order valence-electron chi connectivity index (χ4n) is 1.46. The van der Waals surface area contributed by atoms with Crippen molar-refractivity contribution in [3.05, 3.63) is 21.7 Å². The Morgan fingerprint density at radius 2 is 1.90 bits per heavy atom. The highest BCUT2D eigenvalue weighted by Gasteiger charge is 2.36. The monoisotopic (exact) mass is 316 g/mol. The predicted octanol–water partition coefficient (Wildman–Crippen LogP) is 2.12. The van der Waals surface area contributed by atoms with Gasteiger partial charge in [0.1, 0.15) is 0 Å². The molecule has 0 fully saturated rings. The van der Waals surface area contributed by atoms with Crippen LogP contribution in [0.25, 0.3) is 0 Å². The second-order valence-electron chi connectivity index (χ2n) is 5.66. The molecule has 0 unspecified atom stereocenters. The maximum absolute atomic E-state index is 10.1. The van der Waals surface area contributed by atoms with E-state index in [2.05, 4.69) is 0 Å². The average Bonchev–Trinajstić information content (AvgIpc) is 2.30. The molecule has 7 heteroatoms. The van der Waals surface area contributed by atoms with Gasteiger partial charge in [0.25, 0.3) is 0 Å². The lowest BCUT2D eigenvalue weighted by Crippen LogP contribution is -2.49. The van der Waals surface area contributed by atoms with Gasteiger partial charge in [0.2, 0.25) is 0 Å². The highest BCUT2D eigenvalue weighted by atomic mass is 35.5. The maximum Gasteiger partial charge on any atom is 0.311 e. The molecule has 4 N–H and O–H groups in total. The Labute approximate surface area is 130 Å². The van der Waals surface area contributed by atoms with Crippen LogP contribution in [-0.2, 0) is 4.65 Å². The lowest BCUT2D eigenvalue weighted by atomic mass is 9.80. The van der Waals surface area contributed by atoms with E-state index in [1.165, 1.54) is 6.07 Å². The molecule has 0 aliphatic carbocycles. The molecular formula is C13H19BCl2N2O2. The van der Waals surface area contributed by atoms with Crippen molar-refractivity contribution in [1.29, 1.82) is 5.41 Å². The second-order valence-corrected chi connectivity index (χ2v) is 6.44. The summed E-state index contributed by atoms with van der Waals surface area (Å²) >= 11 is 12.2. The standard InChI is InChI=1S/C13H19BCl2N2O2/c1-12(2,19)13(3,4)20-14-10-7(6-17)9(18)5-8(15)11(10)16/h5-6,14,17,19H,18H2,1-4H3. The zero-order valence-electron chi connectivity index (χ0n) is 12.1. The van der Waals surface area contributed by atoms with Gasteiger partial charge in [0.05, 0.1) is 21.2 Å². The summed E-state index contributed by atoms with van der Waals surface area (Å²) in [5.74, 6) is 0. The molecule has 0 radical (unpaired) electrons. The Hall–Kier alpha value is -0.745. The highest BCUT2D eigenvalue weighted by Crippen LogP contribution is 2.27. The molecule has 0 saturated heterocycles. The summed E-state index contributed by atoms with van der Waals surface area (Å²) in [4.78, 5) is 0. The third-order valence-electron chi connectivity index (χ3n) is 3.59. The van der Waals surface area contributed by atoms with Crippen LogP contribution >= 0.6 is 23.2 Å². The molecule has 0 aliphatic rings. The first kappa shape index (κ1) is 17.3. The normalized spacial score (nSPS) is 12.3. The molecule has 0 aromatic heterocycles. The topological polar surface area (TPSA) is 79.3 Å². The largest absolute Gasteiger partial charge is 0.427 e. The zero-order valence-corrected chi connectivity index (χ0v) is 13.6. The van der Waals surface area contributed by atoms with Crippen LogP contribution in [0, 0.1) is 5.41 Å². The molecule has 0 saturated carbocycles. The van der Waals surface area contributed by atoms with Crippen LogP contribution in [-0.4, -0.2) is 30.0 Å². The van der Waals surface area contributed by atoms with Gasteiger partial charge < -0.3 is 20.9 Å². The summed E-state index contributed by atoms with van der Waals surface area (Å²) in [6.45, 7) is 6.88. The Bertz CT molecular complexity index is 528. The number of rotatable bonds is 5. The van der Waals surface area contributed by atoms with E-state index >= 15 is 0 Å². The average molecular weight is 317 g/mol. The maximum atomic E-state index is 10.1. The molecule has 0 atom stereocenters. The van der Waals surface area contributed by atoms with Crippen LogP contribution in [0.1, 0.15) is 33.3 Å². The Kier molecular flexibility index (Phi) is 5.14. The molecule has 4 nitrogen and oxygen atoms in total. The number of anilines is 1. The number of benzene rings is 1. The van der Waals surface area contributed by atoms with Gasteiger partial charge >= 0.3 is 7.48 Å². The zero-order chi connectivity index (χ0) is 15.7. The number of aliphatic hydroxyl groups is 1. The van der Waals surface area contributed by atoms with Crippen LogP contribution in [0.4, 0.5) is 5.69 Å². The van der Waals surface area contributed by atoms with Crippen LogP contribution < -0.4 is 11.2 Å². The molecule has 0 spiro atoms. The number of hydrogen-bond acceptors (Lipinski definition) is 4. The van der Waals surface area contributed by atoms with E-state index in [0.29, 0.717) is 26.8 Å². The third kappa shape index (κ3) is 3.47. The number of nitrogen functional groups attached to an aromatic ring is 1. The van der Waals surface area contributed by atoms with E-state index in [4.69, 9.17) is 39.0 Å². The van der Waals surface area contributed by atoms with Crippen LogP contribution in [0.3, 0.4) is 0 Å². The number of nitrogens with two attached hydrogens (primary N) is 1. The molecule has 1 aromatic carbocycles. The summed E-state index contributed by atoms with van der Waals surface area (Å²) in [6, 6.07) is 1.51. The van der Waals surface area contributed by atoms with Gasteiger partial charge in [0, 0.05) is 17.5 Å². The van der Waals surface area contributed by atoms with Gasteiger partial charge in [-0.3, -0.25) is 0 Å². The SMILES string of the molecule is CC(C)(O)C(C)(C)OBc1c(Cl)c(Cl)cc(N)c1C=N. The van der Waals surface area contributed by atoms with E-state index in [1.807, 2.05) is 0 Å². The first-order chi connectivity index (χ1) is 9.01. The van der Waals surface area contributed by atoms with Crippen molar-refractivity contribution in [2.24, 2.45) is 0 Å². The van der Waals surface area contributed by atoms with Crippen LogP contribution in [0.2, 0.25) is 10.0 Å². The summed E-state index contributed by atoms with van der Waals surface area (Å²) in [6.07, 6.45) is 1.12. The van der Waals surface area contributed by atoms with Crippen molar-refractivity contribution in [3.63, 3.8) is 0 Å². The van der Waals surface area contributed by atoms with Crippen molar-refractivity contribution < 1.29 is 9.76 Å². The quantitative estimate of drug-likeness (QED) is 0.442. The van der Waals surface area contributed by atoms with Crippen molar-refractivity contribution in [1.82, 2.24) is 0 Å². The summed E-state index contributed by atoms with van der Waals surface area (Å²) in [5, 5.41) is 18.1. The molecule has 1 rings (SSSR count). The molecule has 0 aliphatic heterocycles. The van der Waals surface area contributed by atoms with Gasteiger partial charge in [-0.25, -0.2) is 0 Å². The van der Waals surface area contributed by atoms with Crippen molar-refractivity contribution in [2.75, 3.05) is 5.73 Å². The highest BCUT2D eigenvalue weighted by molar-refractivity contribution is 6.58. The Morgan fingerprint density at radius 3 is 2.35 bits per heavy atom. The van der Waals surface area contributed by atoms with Crippen LogP contribution in [0.15, 0.2) is 6.07 Å². The molecule has 0 amide bonds. The minimum atomic E-state index is -1.03. The van der Waals surface area contributed by atoms with E-state index in [0.717, 1.165) is 6.21 Å². The molecule has 1 aromatic rings. The number of nitrogens with one attached hydrogen (secondary N) is 1.